The molecule has 0 amide bonds. The molecule has 0 spiro atoms. The summed E-state index contributed by atoms with van der Waals surface area (Å²) >= 11 is 0. The highest BCUT2D eigenvalue weighted by molar-refractivity contribution is 7.94. The Hall–Kier alpha value is -2.21. The van der Waals surface area contributed by atoms with Crippen LogP contribution >= 0.6 is 0 Å². The Bertz CT molecular complexity index is 863. The molecule has 1 aliphatic carbocycles. The first-order valence-corrected chi connectivity index (χ1v) is 11.3. The molecule has 0 saturated heterocycles. The molecule has 0 heterocycles. The predicted octanol–water partition coefficient (Wildman–Crippen LogP) is 5.16. The van der Waals surface area contributed by atoms with Gasteiger partial charge in [0.25, 0.3) is 0 Å². The first-order valence-electron chi connectivity index (χ1n) is 9.85. The number of anilines is 2. The monoisotopic (exact) mass is 402 g/mol. The molecule has 2 N–H and O–H groups in total. The molecular formula is C22H30N2O3S. The molecule has 28 heavy (non-hydrogen) atoms. The first kappa shape index (κ1) is 20.5. The zero-order valence-electron chi connectivity index (χ0n) is 16.9. The van der Waals surface area contributed by atoms with E-state index in [-0.39, 0.29) is 0 Å². The average molecular weight is 403 g/mol. The molecule has 0 aromatic heterocycles. The fraction of sp³-hybridized carbons (Fsp3) is 0.455. The highest BCUT2D eigenvalue weighted by atomic mass is 32.2. The summed E-state index contributed by atoms with van der Waals surface area (Å²) in [5.41, 5.74) is 2.67. The highest BCUT2D eigenvalue weighted by Gasteiger charge is 2.28. The van der Waals surface area contributed by atoms with Crippen molar-refractivity contribution in [3.05, 3.63) is 54.1 Å². The van der Waals surface area contributed by atoms with Crippen LogP contribution in [0.4, 0.5) is 11.4 Å². The second kappa shape index (κ2) is 8.43. The Morgan fingerprint density at radius 3 is 2.07 bits per heavy atom. The summed E-state index contributed by atoms with van der Waals surface area (Å²) < 4.78 is 32.2. The maximum Gasteiger partial charge on any atom is 0.237 e. The summed E-state index contributed by atoms with van der Waals surface area (Å²) in [6, 6.07) is 15.5. The molecule has 0 radical (unpaired) electrons. The van der Waals surface area contributed by atoms with Crippen LogP contribution in [0.15, 0.2) is 48.5 Å². The molecule has 1 aliphatic rings. The summed E-state index contributed by atoms with van der Waals surface area (Å²) in [5.74, 6) is 0.924. The smallest absolute Gasteiger partial charge is 0.237 e. The minimum absolute atomic E-state index is 0.369. The van der Waals surface area contributed by atoms with E-state index < -0.39 is 14.8 Å². The van der Waals surface area contributed by atoms with Gasteiger partial charge in [-0.05, 0) is 88.4 Å². The van der Waals surface area contributed by atoms with Crippen molar-refractivity contribution in [3.8, 4) is 5.75 Å². The molecule has 152 valence electrons. The van der Waals surface area contributed by atoms with Crippen molar-refractivity contribution < 1.29 is 13.2 Å². The van der Waals surface area contributed by atoms with Crippen LogP contribution in [-0.2, 0) is 16.6 Å². The van der Waals surface area contributed by atoms with E-state index >= 15 is 0 Å². The van der Waals surface area contributed by atoms with E-state index in [1.165, 1.54) is 12.8 Å². The van der Waals surface area contributed by atoms with Gasteiger partial charge in [-0.1, -0.05) is 12.1 Å². The lowest BCUT2D eigenvalue weighted by atomic mass is 10.2. The molecule has 2 aromatic rings. The number of benzene rings is 2. The molecule has 0 bridgehead atoms. The second-order valence-corrected chi connectivity index (χ2v) is 10.8. The van der Waals surface area contributed by atoms with Crippen molar-refractivity contribution in [3.63, 3.8) is 0 Å². The third-order valence-corrected chi connectivity index (χ3v) is 7.09. The van der Waals surface area contributed by atoms with Gasteiger partial charge in [0.1, 0.15) is 5.75 Å². The van der Waals surface area contributed by atoms with Crippen molar-refractivity contribution in [2.75, 3.05) is 10.0 Å². The van der Waals surface area contributed by atoms with Gasteiger partial charge in [-0.3, -0.25) is 4.72 Å². The van der Waals surface area contributed by atoms with Crippen LogP contribution in [0.3, 0.4) is 0 Å². The minimum Gasteiger partial charge on any atom is -0.490 e. The molecule has 3 rings (SSSR count). The van der Waals surface area contributed by atoms with Crippen LogP contribution in [0, 0.1) is 0 Å². The van der Waals surface area contributed by atoms with Crippen LogP contribution in [0.5, 0.6) is 5.75 Å². The molecule has 0 atom stereocenters. The third kappa shape index (κ3) is 5.41. The van der Waals surface area contributed by atoms with Crippen molar-refractivity contribution in [2.24, 2.45) is 0 Å². The molecule has 1 saturated carbocycles. The maximum absolute atomic E-state index is 12.2. The summed E-state index contributed by atoms with van der Waals surface area (Å²) in [6.45, 7) is 5.70. The van der Waals surface area contributed by atoms with Gasteiger partial charge in [-0.15, -0.1) is 0 Å². The molecule has 0 unspecified atom stereocenters. The van der Waals surface area contributed by atoms with Crippen LogP contribution in [-0.4, -0.2) is 19.3 Å². The maximum atomic E-state index is 12.2. The fourth-order valence-corrected chi connectivity index (χ4v) is 3.81. The fourth-order valence-electron chi connectivity index (χ4n) is 3.05. The van der Waals surface area contributed by atoms with E-state index in [9.17, 15) is 8.42 Å². The Kier molecular flexibility index (Phi) is 6.18. The number of ether oxygens (including phenoxy) is 1. The zero-order valence-corrected chi connectivity index (χ0v) is 17.7. The Morgan fingerprint density at radius 1 is 0.929 bits per heavy atom. The predicted molar refractivity (Wildman–Crippen MR) is 115 cm³/mol. The van der Waals surface area contributed by atoms with Gasteiger partial charge in [0.05, 0.1) is 10.9 Å². The summed E-state index contributed by atoms with van der Waals surface area (Å²) in [4.78, 5) is 0. The van der Waals surface area contributed by atoms with E-state index in [1.807, 2.05) is 36.4 Å². The standard InChI is InChI=1S/C22H30N2O3S/c1-22(2,3)28(25,26)24-19-10-8-17(9-11-19)16-23-18-12-14-21(15-13-18)27-20-6-4-5-7-20/h8-15,20,23-24H,4-7,16H2,1-3H3. The molecular weight excluding hydrogens is 372 g/mol. The topological polar surface area (TPSA) is 67.4 Å². The number of sulfonamides is 1. The van der Waals surface area contributed by atoms with Crippen molar-refractivity contribution >= 4 is 21.4 Å². The normalized spacial score (nSPS) is 15.4. The van der Waals surface area contributed by atoms with E-state index in [0.29, 0.717) is 18.3 Å². The Morgan fingerprint density at radius 2 is 1.50 bits per heavy atom. The molecule has 2 aromatic carbocycles. The SMILES string of the molecule is CC(C)(C)S(=O)(=O)Nc1ccc(CNc2ccc(OC3CCCC3)cc2)cc1. The quantitative estimate of drug-likeness (QED) is 0.671. The average Bonchev–Trinajstić information content (AvgIpc) is 3.14. The van der Waals surface area contributed by atoms with Crippen molar-refractivity contribution in [2.45, 2.75) is 63.9 Å². The van der Waals surface area contributed by atoms with Crippen LogP contribution < -0.4 is 14.8 Å². The number of rotatable bonds is 7. The third-order valence-electron chi connectivity index (χ3n) is 4.97. The van der Waals surface area contributed by atoms with E-state index in [1.54, 1.807) is 32.9 Å². The zero-order chi connectivity index (χ0) is 20.2. The van der Waals surface area contributed by atoms with Crippen molar-refractivity contribution in [1.29, 1.82) is 0 Å². The number of hydrogen-bond acceptors (Lipinski definition) is 4. The van der Waals surface area contributed by atoms with E-state index in [2.05, 4.69) is 10.0 Å². The number of nitrogens with one attached hydrogen (secondary N) is 2. The van der Waals surface area contributed by atoms with Gasteiger partial charge in [0.2, 0.25) is 10.0 Å². The van der Waals surface area contributed by atoms with Gasteiger partial charge >= 0.3 is 0 Å². The Labute approximate surface area is 168 Å². The van der Waals surface area contributed by atoms with E-state index in [0.717, 1.165) is 29.8 Å². The lowest BCUT2D eigenvalue weighted by molar-refractivity contribution is 0.210. The van der Waals surface area contributed by atoms with Crippen LogP contribution in [0.2, 0.25) is 0 Å². The van der Waals surface area contributed by atoms with Gasteiger partial charge in [0.15, 0.2) is 0 Å². The molecule has 5 nitrogen and oxygen atoms in total. The first-order chi connectivity index (χ1) is 13.2. The van der Waals surface area contributed by atoms with Gasteiger partial charge in [-0.25, -0.2) is 8.42 Å². The summed E-state index contributed by atoms with van der Waals surface area (Å²) in [7, 11) is -3.41. The van der Waals surface area contributed by atoms with Crippen molar-refractivity contribution in [1.82, 2.24) is 0 Å². The van der Waals surface area contributed by atoms with Crippen LogP contribution in [0.25, 0.3) is 0 Å². The molecule has 1 fully saturated rings. The minimum atomic E-state index is -3.41. The van der Waals surface area contributed by atoms with E-state index in [4.69, 9.17) is 4.74 Å². The second-order valence-electron chi connectivity index (χ2n) is 8.32. The number of hydrogen-bond donors (Lipinski definition) is 2. The van der Waals surface area contributed by atoms with Gasteiger partial charge in [-0.2, -0.15) is 0 Å². The highest BCUT2D eigenvalue weighted by Crippen LogP contribution is 2.25. The summed E-state index contributed by atoms with van der Waals surface area (Å²) in [5, 5.41) is 3.38. The van der Waals surface area contributed by atoms with Gasteiger partial charge < -0.3 is 10.1 Å². The lowest BCUT2D eigenvalue weighted by Crippen LogP contribution is -2.33. The van der Waals surface area contributed by atoms with Crippen LogP contribution in [0.1, 0.15) is 52.0 Å². The largest absolute Gasteiger partial charge is 0.490 e. The summed E-state index contributed by atoms with van der Waals surface area (Å²) in [6.07, 6.45) is 5.21. The Balaban J connectivity index is 1.52. The molecule has 6 heteroatoms. The van der Waals surface area contributed by atoms with Gasteiger partial charge in [0, 0.05) is 17.9 Å². The molecule has 0 aliphatic heterocycles. The lowest BCUT2D eigenvalue weighted by Gasteiger charge is -2.20.